The summed E-state index contributed by atoms with van der Waals surface area (Å²) in [5.74, 6) is -0.939. The normalized spacial score (nSPS) is 9.90. The van der Waals surface area contributed by atoms with Crippen LogP contribution in [-0.4, -0.2) is 17.6 Å². The second-order valence-corrected chi connectivity index (χ2v) is 4.82. The van der Waals surface area contributed by atoms with Gasteiger partial charge in [-0.15, -0.1) is 0 Å². The summed E-state index contributed by atoms with van der Waals surface area (Å²) in [7, 11) is 0. The number of hydrogen-bond acceptors (Lipinski definition) is 3. The smallest absolute Gasteiger partial charge is 0.335 e. The van der Waals surface area contributed by atoms with Crippen molar-refractivity contribution in [2.45, 2.75) is 6.42 Å². The van der Waals surface area contributed by atoms with Crippen LogP contribution in [0.15, 0.2) is 42.5 Å². The molecule has 0 bridgehead atoms. The molecule has 21 heavy (non-hydrogen) atoms. The lowest BCUT2D eigenvalue weighted by molar-refractivity contribution is 0.0695. The Kier molecular flexibility index (Phi) is 4.81. The molecule has 0 aliphatic heterocycles. The van der Waals surface area contributed by atoms with Gasteiger partial charge < -0.3 is 10.4 Å². The van der Waals surface area contributed by atoms with Gasteiger partial charge in [0.05, 0.1) is 21.8 Å². The Labute approximate surface area is 127 Å². The highest BCUT2D eigenvalue weighted by atomic mass is 35.5. The predicted molar refractivity (Wildman–Crippen MR) is 81.8 cm³/mol. The first-order valence-corrected chi connectivity index (χ1v) is 6.75. The SMILES string of the molecule is N#Cc1c(Cl)cccc1NCCc1ccccc1C(=O)O. The lowest BCUT2D eigenvalue weighted by Gasteiger charge is -2.10. The van der Waals surface area contributed by atoms with Crippen molar-refractivity contribution in [2.24, 2.45) is 0 Å². The number of anilines is 1. The summed E-state index contributed by atoms with van der Waals surface area (Å²) in [5.41, 5.74) is 2.09. The number of rotatable bonds is 5. The van der Waals surface area contributed by atoms with Crippen LogP contribution in [0, 0.1) is 11.3 Å². The number of carboxylic acids is 1. The van der Waals surface area contributed by atoms with Crippen LogP contribution in [-0.2, 0) is 6.42 Å². The van der Waals surface area contributed by atoms with E-state index in [2.05, 4.69) is 11.4 Å². The molecule has 0 fully saturated rings. The van der Waals surface area contributed by atoms with Crippen LogP contribution in [0.4, 0.5) is 5.69 Å². The molecule has 2 N–H and O–H groups in total. The second kappa shape index (κ2) is 6.78. The standard InChI is InChI=1S/C16H13ClN2O2/c17-14-6-3-7-15(13(14)10-18)19-9-8-11-4-1-2-5-12(11)16(20)21/h1-7,19H,8-9H2,(H,20,21). The Bertz CT molecular complexity index is 708. The fraction of sp³-hybridized carbons (Fsp3) is 0.125. The van der Waals surface area contributed by atoms with Gasteiger partial charge in [0.2, 0.25) is 0 Å². The van der Waals surface area contributed by atoms with Gasteiger partial charge >= 0.3 is 5.97 Å². The minimum atomic E-state index is -0.939. The topological polar surface area (TPSA) is 73.1 Å². The fourth-order valence-electron chi connectivity index (χ4n) is 2.06. The van der Waals surface area contributed by atoms with E-state index >= 15 is 0 Å². The van der Waals surface area contributed by atoms with Gasteiger partial charge in [-0.3, -0.25) is 0 Å². The summed E-state index contributed by atoms with van der Waals surface area (Å²) in [5, 5.41) is 21.7. The maximum absolute atomic E-state index is 11.1. The quantitative estimate of drug-likeness (QED) is 0.885. The van der Waals surface area contributed by atoms with Gasteiger partial charge in [-0.25, -0.2) is 4.79 Å². The Morgan fingerprint density at radius 1 is 1.24 bits per heavy atom. The van der Waals surface area contributed by atoms with Crippen molar-refractivity contribution in [3.05, 3.63) is 64.2 Å². The van der Waals surface area contributed by atoms with Crippen molar-refractivity contribution >= 4 is 23.3 Å². The van der Waals surface area contributed by atoms with E-state index in [-0.39, 0.29) is 0 Å². The molecule has 0 amide bonds. The third-order valence-corrected chi connectivity index (χ3v) is 3.40. The van der Waals surface area contributed by atoms with Crippen molar-refractivity contribution in [1.82, 2.24) is 0 Å². The van der Waals surface area contributed by atoms with E-state index in [1.165, 1.54) is 0 Å². The minimum Gasteiger partial charge on any atom is -0.478 e. The monoisotopic (exact) mass is 300 g/mol. The summed E-state index contributed by atoms with van der Waals surface area (Å²) < 4.78 is 0. The zero-order valence-corrected chi connectivity index (χ0v) is 11.9. The maximum Gasteiger partial charge on any atom is 0.335 e. The van der Waals surface area contributed by atoms with E-state index < -0.39 is 5.97 Å². The molecule has 0 unspecified atom stereocenters. The first-order chi connectivity index (χ1) is 10.1. The van der Waals surface area contributed by atoms with E-state index in [1.54, 1.807) is 36.4 Å². The average molecular weight is 301 g/mol. The van der Waals surface area contributed by atoms with E-state index in [1.807, 2.05) is 6.07 Å². The Balaban J connectivity index is 2.08. The summed E-state index contributed by atoms with van der Waals surface area (Å²) >= 11 is 5.95. The molecule has 4 nitrogen and oxygen atoms in total. The number of halogens is 1. The molecule has 0 aromatic heterocycles. The summed E-state index contributed by atoms with van der Waals surface area (Å²) in [4.78, 5) is 11.1. The Morgan fingerprint density at radius 2 is 2.00 bits per heavy atom. The number of carbonyl (C=O) groups is 1. The molecule has 106 valence electrons. The number of aromatic carboxylic acids is 1. The fourth-order valence-corrected chi connectivity index (χ4v) is 2.28. The first kappa shape index (κ1) is 14.9. The molecule has 0 spiro atoms. The van der Waals surface area contributed by atoms with Gasteiger partial charge in [0.15, 0.2) is 0 Å². The van der Waals surface area contributed by atoms with Crippen molar-refractivity contribution in [3.63, 3.8) is 0 Å². The van der Waals surface area contributed by atoms with Crippen molar-refractivity contribution in [2.75, 3.05) is 11.9 Å². The van der Waals surface area contributed by atoms with Gasteiger partial charge in [-0.05, 0) is 30.2 Å². The van der Waals surface area contributed by atoms with Crippen molar-refractivity contribution in [3.8, 4) is 6.07 Å². The van der Waals surface area contributed by atoms with Crippen LogP contribution < -0.4 is 5.32 Å². The van der Waals surface area contributed by atoms with Crippen LogP contribution >= 0.6 is 11.6 Å². The van der Waals surface area contributed by atoms with E-state index in [0.29, 0.717) is 34.8 Å². The van der Waals surface area contributed by atoms with E-state index in [4.69, 9.17) is 22.0 Å². The molecule has 0 aliphatic carbocycles. The molecule has 0 heterocycles. The van der Waals surface area contributed by atoms with Gasteiger partial charge in [0, 0.05) is 6.54 Å². The maximum atomic E-state index is 11.1. The third kappa shape index (κ3) is 3.53. The number of benzene rings is 2. The van der Waals surface area contributed by atoms with Gasteiger partial charge in [-0.1, -0.05) is 35.9 Å². The highest BCUT2D eigenvalue weighted by Crippen LogP contribution is 2.23. The van der Waals surface area contributed by atoms with Crippen LogP contribution in [0.1, 0.15) is 21.5 Å². The zero-order chi connectivity index (χ0) is 15.2. The first-order valence-electron chi connectivity index (χ1n) is 6.37. The molecule has 0 radical (unpaired) electrons. The number of nitriles is 1. The molecule has 0 saturated carbocycles. The molecule has 2 rings (SSSR count). The lowest BCUT2D eigenvalue weighted by Crippen LogP contribution is -2.10. The van der Waals surface area contributed by atoms with Crippen LogP contribution in [0.5, 0.6) is 0 Å². The molecule has 0 aliphatic rings. The summed E-state index contributed by atoms with van der Waals surface area (Å²) in [6.07, 6.45) is 0.542. The van der Waals surface area contributed by atoms with Gasteiger partial charge in [0.1, 0.15) is 6.07 Å². The average Bonchev–Trinajstić information content (AvgIpc) is 2.48. The molecule has 0 saturated heterocycles. The van der Waals surface area contributed by atoms with Gasteiger partial charge in [0.25, 0.3) is 0 Å². The van der Waals surface area contributed by atoms with E-state index in [9.17, 15) is 4.79 Å². The summed E-state index contributed by atoms with van der Waals surface area (Å²) in [6, 6.07) is 14.1. The number of hydrogen-bond donors (Lipinski definition) is 2. The summed E-state index contributed by atoms with van der Waals surface area (Å²) in [6.45, 7) is 0.513. The highest BCUT2D eigenvalue weighted by molar-refractivity contribution is 6.32. The Hall–Kier alpha value is -2.51. The molecular formula is C16H13ClN2O2. The predicted octanol–water partition coefficient (Wildman–Crippen LogP) is 3.56. The number of nitrogens with one attached hydrogen (secondary N) is 1. The van der Waals surface area contributed by atoms with Crippen molar-refractivity contribution < 1.29 is 9.90 Å². The minimum absolute atomic E-state index is 0.297. The number of carboxylic acid groups (broad SMARTS) is 1. The third-order valence-electron chi connectivity index (χ3n) is 3.08. The van der Waals surface area contributed by atoms with Crippen LogP contribution in [0.3, 0.4) is 0 Å². The van der Waals surface area contributed by atoms with Crippen LogP contribution in [0.25, 0.3) is 0 Å². The molecule has 2 aromatic carbocycles. The number of nitrogens with zero attached hydrogens (tertiary/aromatic N) is 1. The second-order valence-electron chi connectivity index (χ2n) is 4.41. The molecular weight excluding hydrogens is 288 g/mol. The van der Waals surface area contributed by atoms with E-state index in [0.717, 1.165) is 5.56 Å². The van der Waals surface area contributed by atoms with Gasteiger partial charge in [-0.2, -0.15) is 5.26 Å². The largest absolute Gasteiger partial charge is 0.478 e. The van der Waals surface area contributed by atoms with Crippen LogP contribution in [0.2, 0.25) is 5.02 Å². The molecule has 5 heteroatoms. The lowest BCUT2D eigenvalue weighted by atomic mass is 10.0. The Morgan fingerprint density at radius 3 is 2.71 bits per heavy atom. The highest BCUT2D eigenvalue weighted by Gasteiger charge is 2.09. The molecule has 2 aromatic rings. The van der Waals surface area contributed by atoms with Crippen molar-refractivity contribution in [1.29, 1.82) is 5.26 Å². The zero-order valence-electron chi connectivity index (χ0n) is 11.1. The molecule has 0 atom stereocenters.